The molecule has 0 bridgehead atoms. The third-order valence-corrected chi connectivity index (χ3v) is 12.9. The van der Waals surface area contributed by atoms with Gasteiger partial charge in [0, 0.05) is 52.3 Å². The van der Waals surface area contributed by atoms with Gasteiger partial charge in [0.25, 0.3) is 0 Å². The van der Waals surface area contributed by atoms with Crippen molar-refractivity contribution in [2.75, 3.05) is 26.7 Å². The second-order valence-electron chi connectivity index (χ2n) is 16.0. The number of benzene rings is 1. The summed E-state index contributed by atoms with van der Waals surface area (Å²) >= 11 is 1.27. The minimum Gasteiger partial charge on any atom is -0.481 e. The summed E-state index contributed by atoms with van der Waals surface area (Å²) in [5.74, 6) is 1.28. The summed E-state index contributed by atoms with van der Waals surface area (Å²) in [6.07, 6.45) is 15.9. The zero-order valence-corrected chi connectivity index (χ0v) is 41.4. The quantitative estimate of drug-likeness (QED) is 0.140. The number of nitriles is 1. The van der Waals surface area contributed by atoms with E-state index in [2.05, 4.69) is 57.1 Å². The number of methoxy groups -OCH3 is 1. The summed E-state index contributed by atoms with van der Waals surface area (Å²) in [7, 11) is 1.58. The fourth-order valence-electron chi connectivity index (χ4n) is 8.08. The lowest BCUT2D eigenvalue weighted by molar-refractivity contribution is -0.112. The molecule has 3 heterocycles. The Morgan fingerprint density at radius 2 is 1.74 bits per heavy atom. The van der Waals surface area contributed by atoms with Crippen LogP contribution in [0.3, 0.4) is 0 Å². The molecule has 61 heavy (non-hydrogen) atoms. The van der Waals surface area contributed by atoms with Gasteiger partial charge in [0.2, 0.25) is 5.88 Å². The zero-order valence-electron chi connectivity index (χ0n) is 40.6. The van der Waals surface area contributed by atoms with Crippen molar-refractivity contribution in [3.63, 3.8) is 0 Å². The number of hydrogen-bond acceptors (Lipinski definition) is 7. The summed E-state index contributed by atoms with van der Waals surface area (Å²) in [5.41, 5.74) is 3.39. The molecule has 1 aliphatic carbocycles. The maximum Gasteiger partial charge on any atom is 0.209 e. The molecule has 3 unspecified atom stereocenters. The average molecular weight is 863 g/mol. The van der Waals surface area contributed by atoms with Crippen molar-refractivity contribution in [2.24, 2.45) is 16.8 Å². The van der Waals surface area contributed by atoms with E-state index in [1.165, 1.54) is 62.8 Å². The highest BCUT2D eigenvalue weighted by molar-refractivity contribution is 7.19. The first-order chi connectivity index (χ1) is 29.2. The van der Waals surface area contributed by atoms with Gasteiger partial charge >= 0.3 is 0 Å². The number of ether oxygens (including phenoxy) is 1. The Morgan fingerprint density at radius 1 is 1.08 bits per heavy atom. The highest BCUT2D eigenvalue weighted by Gasteiger charge is 2.32. The molecule has 0 amide bonds. The Balaban J connectivity index is 0.000000853. The molecule has 9 heteroatoms. The van der Waals surface area contributed by atoms with Crippen LogP contribution in [0.4, 0.5) is 8.78 Å². The highest BCUT2D eigenvalue weighted by Crippen LogP contribution is 2.44. The van der Waals surface area contributed by atoms with Crippen molar-refractivity contribution >= 4 is 38.5 Å². The maximum absolute atomic E-state index is 16.3. The molecular formula is C52H80F2N4O2S. The van der Waals surface area contributed by atoms with Gasteiger partial charge in [0.1, 0.15) is 17.7 Å². The second-order valence-corrected chi connectivity index (χ2v) is 17.0. The Labute approximate surface area is 374 Å². The zero-order chi connectivity index (χ0) is 46.4. The minimum absolute atomic E-state index is 0.0185. The number of ketones is 1. The SMILES string of the molecule is C=CC(C)=O.CC.CC.CC/C=C(/N=C1/C=C(c2ccc(F)c3sc(C(C)C)c(C#N)c23)C(F)=C/C1=C(/C)N(CC)C(CC)CCC(C)CC)OC.C[C@@H]1CC2CCCN2C1. The first kappa shape index (κ1) is 55.1. The van der Waals surface area contributed by atoms with Gasteiger partial charge in [-0.25, -0.2) is 13.8 Å². The molecular weight excluding hydrogens is 783 g/mol. The van der Waals surface area contributed by atoms with Crippen LogP contribution in [-0.4, -0.2) is 60.1 Å². The molecule has 2 aromatic rings. The second kappa shape index (κ2) is 28.7. The van der Waals surface area contributed by atoms with Crippen molar-refractivity contribution in [3.05, 3.63) is 87.8 Å². The average Bonchev–Trinajstić information content (AvgIpc) is 3.98. The Morgan fingerprint density at radius 3 is 2.25 bits per heavy atom. The van der Waals surface area contributed by atoms with Crippen LogP contribution in [0.2, 0.25) is 0 Å². The van der Waals surface area contributed by atoms with Crippen molar-refractivity contribution in [1.82, 2.24) is 9.80 Å². The largest absolute Gasteiger partial charge is 0.481 e. The van der Waals surface area contributed by atoms with E-state index in [0.717, 1.165) is 61.2 Å². The first-order valence-corrected chi connectivity index (χ1v) is 23.9. The van der Waals surface area contributed by atoms with Crippen molar-refractivity contribution in [1.29, 1.82) is 5.26 Å². The molecule has 3 aliphatic rings. The molecule has 6 nitrogen and oxygen atoms in total. The predicted molar refractivity (Wildman–Crippen MR) is 260 cm³/mol. The normalized spacial score (nSPS) is 19.6. The topological polar surface area (TPSA) is 68.9 Å². The maximum atomic E-state index is 16.3. The van der Waals surface area contributed by atoms with E-state index in [-0.39, 0.29) is 17.3 Å². The van der Waals surface area contributed by atoms with Crippen molar-refractivity contribution < 1.29 is 18.3 Å². The molecule has 1 aromatic carbocycles. The summed E-state index contributed by atoms with van der Waals surface area (Å²) in [6, 6.07) is 6.52. The molecule has 2 aliphatic heterocycles. The predicted octanol–water partition coefficient (Wildman–Crippen LogP) is 15.1. The molecule has 5 rings (SSSR count). The number of nitrogens with zero attached hydrogens (tertiary/aromatic N) is 4. The molecule has 4 atom stereocenters. The van der Waals surface area contributed by atoms with Crippen molar-refractivity contribution in [2.45, 2.75) is 166 Å². The van der Waals surface area contributed by atoms with Crippen LogP contribution in [0.25, 0.3) is 15.7 Å². The third-order valence-electron chi connectivity index (χ3n) is 11.4. The van der Waals surface area contributed by atoms with E-state index in [0.29, 0.717) is 50.3 Å². The number of carbonyl (C=O) groups excluding carboxylic acids is 1. The number of allylic oxidation sites excluding steroid dienone is 8. The Kier molecular flexibility index (Phi) is 25.9. The molecule has 1 aromatic heterocycles. The third kappa shape index (κ3) is 15.5. The van der Waals surface area contributed by atoms with Gasteiger partial charge in [-0.05, 0) is 126 Å². The monoisotopic (exact) mass is 863 g/mol. The van der Waals surface area contributed by atoms with E-state index < -0.39 is 11.6 Å². The van der Waals surface area contributed by atoms with Crippen LogP contribution in [0, 0.1) is 29.0 Å². The van der Waals surface area contributed by atoms with Crippen molar-refractivity contribution in [3.8, 4) is 6.07 Å². The van der Waals surface area contributed by atoms with Crippen LogP contribution in [0.1, 0.15) is 170 Å². The van der Waals surface area contributed by atoms with E-state index >= 15 is 8.78 Å². The number of fused-ring (bicyclic) bond motifs is 2. The molecule has 2 saturated heterocycles. The summed E-state index contributed by atoms with van der Waals surface area (Å²) in [5, 5.41) is 10.6. The summed E-state index contributed by atoms with van der Waals surface area (Å²) < 4.78 is 37.3. The van der Waals surface area contributed by atoms with E-state index in [4.69, 9.17) is 9.73 Å². The van der Waals surface area contributed by atoms with Crippen LogP contribution >= 0.6 is 11.3 Å². The summed E-state index contributed by atoms with van der Waals surface area (Å²) in [4.78, 5) is 20.4. The number of halogens is 2. The fraction of sp³-hybridized carbons (Fsp3) is 0.596. The van der Waals surface area contributed by atoms with E-state index in [1.807, 2.05) is 61.5 Å². The highest BCUT2D eigenvalue weighted by atomic mass is 32.1. The molecule has 2 fully saturated rings. The van der Waals surface area contributed by atoms with E-state index in [9.17, 15) is 10.1 Å². The van der Waals surface area contributed by atoms with Gasteiger partial charge in [-0.2, -0.15) is 5.26 Å². The fourth-order valence-corrected chi connectivity index (χ4v) is 9.26. The van der Waals surface area contributed by atoms with Crippen LogP contribution in [0.15, 0.2) is 71.0 Å². The van der Waals surface area contributed by atoms with Gasteiger partial charge in [-0.1, -0.05) is 95.2 Å². The minimum atomic E-state index is -0.440. The molecule has 0 radical (unpaired) electrons. The number of hydrogen-bond donors (Lipinski definition) is 0. The number of rotatable bonds is 14. The lowest BCUT2D eigenvalue weighted by Crippen LogP contribution is -2.35. The molecule has 0 saturated carbocycles. The number of thiophene rings is 1. The van der Waals surface area contributed by atoms with Gasteiger partial charge < -0.3 is 14.5 Å². The van der Waals surface area contributed by atoms with Crippen LogP contribution in [0.5, 0.6) is 0 Å². The number of aliphatic imine (C=N–C) groups is 1. The Hall–Kier alpha value is -3.87. The van der Waals surface area contributed by atoms with Crippen LogP contribution < -0.4 is 0 Å². The van der Waals surface area contributed by atoms with Crippen LogP contribution in [-0.2, 0) is 9.53 Å². The summed E-state index contributed by atoms with van der Waals surface area (Å²) in [6.45, 7) is 35.5. The first-order valence-electron chi connectivity index (χ1n) is 23.1. The van der Waals surface area contributed by atoms with Gasteiger partial charge in [0.05, 0.1) is 23.1 Å². The lowest BCUT2D eigenvalue weighted by Gasteiger charge is -2.35. The number of carbonyl (C=O) groups is 1. The van der Waals surface area contributed by atoms with Gasteiger partial charge in [-0.15, -0.1) is 11.3 Å². The molecule has 0 spiro atoms. The molecule has 340 valence electrons. The van der Waals surface area contributed by atoms with E-state index in [1.54, 1.807) is 25.3 Å². The standard InChI is InChI=1S/C36H47F2N3OS.C8H15N.C4H6O.2C2H6/c1-10-14-33(42-9)40-32-20-28(26-17-18-30(37)36-34(26)29(21-39)35(43-36)22(5)6)31(38)19-27(32)24(8)41(13-4)25(12-3)16-15-23(7)11-2;1-7-5-8-3-2-4-9(8)6-7;1-3-4(2)5;2*1-2/h14,17-20,22-23,25H,10-13,15-16H2,1-9H3;7-8H,2-6H2,1H3;3H,1H2,2H3;2*1-2H3/b27-24+,33-14-,40-32-;;;;/t;7-,8?;;;/m.1.../s1. The van der Waals surface area contributed by atoms with Gasteiger partial charge in [-0.3, -0.25) is 4.79 Å². The molecule has 0 N–H and O–H groups in total. The Bertz CT molecular complexity index is 1880. The lowest BCUT2D eigenvalue weighted by atomic mass is 9.89. The smallest absolute Gasteiger partial charge is 0.209 e. The van der Waals surface area contributed by atoms with Gasteiger partial charge in [0.15, 0.2) is 5.78 Å².